The van der Waals surface area contributed by atoms with Crippen molar-refractivity contribution in [2.75, 3.05) is 5.75 Å². The third-order valence-electron chi connectivity index (χ3n) is 1.44. The van der Waals surface area contributed by atoms with Gasteiger partial charge in [0.2, 0.25) is 0 Å². The zero-order valence-corrected chi connectivity index (χ0v) is 9.65. The molecule has 0 fully saturated rings. The van der Waals surface area contributed by atoms with Crippen molar-refractivity contribution in [2.24, 2.45) is 0 Å². The third-order valence-corrected chi connectivity index (χ3v) is 10.0. The van der Waals surface area contributed by atoms with E-state index in [1.165, 1.54) is 3.28 Å². The zero-order valence-electron chi connectivity index (χ0n) is 8.37. The van der Waals surface area contributed by atoms with Gasteiger partial charge in [-0.25, -0.2) is 0 Å². The Morgan fingerprint density at radius 2 is 2.45 bits per heavy atom. The maximum Gasteiger partial charge on any atom is -1.00 e. The molecule has 2 nitrogen and oxygen atoms in total. The van der Waals surface area contributed by atoms with E-state index in [0.29, 0.717) is 5.75 Å². The molecule has 4 heteroatoms. The smallest absolute Gasteiger partial charge is 1.00 e. The number of allylic oxidation sites excluding steroid dienone is 4. The minimum absolute atomic E-state index is 0. The van der Waals surface area contributed by atoms with Crippen molar-refractivity contribution in [2.45, 2.75) is 13.3 Å². The van der Waals surface area contributed by atoms with Gasteiger partial charge in [-0.1, -0.05) is 0 Å². The van der Waals surface area contributed by atoms with Crippen LogP contribution in [0.5, 0.6) is 0 Å². The first-order valence-electron chi connectivity index (χ1n) is 3.50. The summed E-state index contributed by atoms with van der Waals surface area (Å²) in [4.78, 5) is 0. The molecule has 1 rings (SSSR count). The molecule has 0 aromatic heterocycles. The van der Waals surface area contributed by atoms with E-state index in [4.69, 9.17) is 0 Å². The van der Waals surface area contributed by atoms with Crippen LogP contribution in [0.2, 0.25) is 0 Å². The van der Waals surface area contributed by atoms with Gasteiger partial charge in [-0.3, -0.25) is 0 Å². The summed E-state index contributed by atoms with van der Waals surface area (Å²) in [6.07, 6.45) is 6.80. The molecule has 0 N–H and O–H groups in total. The number of hydrogen-bond acceptors (Lipinski definition) is 2. The largest absolute Gasteiger partial charge is 1.00 e. The Bertz CT molecular complexity index is 296. The maximum absolute atomic E-state index is 11.2. The van der Waals surface area contributed by atoms with E-state index in [2.05, 4.69) is 0 Å². The van der Waals surface area contributed by atoms with Crippen molar-refractivity contribution in [1.82, 2.24) is 0 Å². The molecule has 11 heavy (non-hydrogen) atoms. The molecule has 0 bridgehead atoms. The van der Waals surface area contributed by atoms with Crippen LogP contribution >= 0.6 is 0 Å². The van der Waals surface area contributed by atoms with Crippen molar-refractivity contribution in [3.05, 3.63) is 21.5 Å². The molecule has 0 aromatic carbocycles. The fourth-order valence-electron chi connectivity index (χ4n) is 0.795. The van der Waals surface area contributed by atoms with Crippen LogP contribution in [0.4, 0.5) is 0 Å². The molecule has 0 saturated carbocycles. The molecule has 0 aromatic rings. The van der Waals surface area contributed by atoms with Gasteiger partial charge in [0.1, 0.15) is 0 Å². The van der Waals surface area contributed by atoms with E-state index < -0.39 is 28.4 Å². The van der Waals surface area contributed by atoms with Gasteiger partial charge in [-0.15, -0.1) is 0 Å². The zero-order chi connectivity index (χ0) is 8.32. The van der Waals surface area contributed by atoms with Crippen molar-refractivity contribution in [1.29, 1.82) is 0 Å². The molecular formula is C7H12O2SZr-2. The average molecular weight is 251 g/mol. The van der Waals surface area contributed by atoms with Crippen molar-refractivity contribution in [3.8, 4) is 0 Å². The predicted octanol–water partition coefficient (Wildman–Crippen LogP) is 1.49. The van der Waals surface area contributed by atoms with Crippen LogP contribution in [0.1, 0.15) is 16.2 Å². The van der Waals surface area contributed by atoms with E-state index >= 15 is 0 Å². The Morgan fingerprint density at radius 1 is 1.73 bits per heavy atom. The summed E-state index contributed by atoms with van der Waals surface area (Å²) in [5, 5.41) is 0. The maximum atomic E-state index is 11.2. The first kappa shape index (κ1) is 9.40. The first-order valence-corrected chi connectivity index (χ1v) is 9.39. The quantitative estimate of drug-likeness (QED) is 0.761. The topological polar surface area (TPSA) is 34.1 Å². The van der Waals surface area contributed by atoms with Gasteiger partial charge < -0.3 is 2.85 Å². The summed E-state index contributed by atoms with van der Waals surface area (Å²) < 4.78 is 23.5. The molecule has 0 atom stereocenters. The number of hydrogen-bond donors (Lipinski definition) is 0. The van der Waals surface area contributed by atoms with Gasteiger partial charge in [0.15, 0.2) is 0 Å². The Kier molecular flexibility index (Phi) is 3.26. The van der Waals surface area contributed by atoms with Crippen LogP contribution < -0.4 is 0 Å². The summed E-state index contributed by atoms with van der Waals surface area (Å²) >= 11 is -1.29. The number of rotatable bonds is 3. The monoisotopic (exact) mass is 250 g/mol. The van der Waals surface area contributed by atoms with Crippen LogP contribution in [0, 0.1) is 0 Å². The van der Waals surface area contributed by atoms with Gasteiger partial charge in [0, 0.05) is 0 Å². The van der Waals surface area contributed by atoms with E-state index in [1.807, 2.05) is 18.2 Å². The van der Waals surface area contributed by atoms with Crippen molar-refractivity contribution >= 4 is 6.59 Å². The first-order chi connectivity index (χ1) is 5.14. The molecule has 1 aliphatic rings. The third kappa shape index (κ3) is 3.04. The van der Waals surface area contributed by atoms with Crippen LogP contribution in [0.3, 0.4) is 0 Å². The molecule has 64 valence electrons. The molecule has 0 radical (unpaired) electrons. The van der Waals surface area contributed by atoms with E-state index in [1.54, 1.807) is 6.92 Å². The average Bonchev–Trinajstić information content (AvgIpc) is 2.39. The summed E-state index contributed by atoms with van der Waals surface area (Å²) in [7, 11) is 0. The van der Waals surface area contributed by atoms with Gasteiger partial charge in [0.05, 0.1) is 0 Å². The van der Waals surface area contributed by atoms with E-state index in [-0.39, 0.29) is 2.85 Å². The van der Waals surface area contributed by atoms with Gasteiger partial charge in [-0.05, 0) is 0 Å². The Labute approximate surface area is 80.1 Å². The molecule has 0 unspecified atom stereocenters. The second-order valence-corrected chi connectivity index (χ2v) is 12.0. The van der Waals surface area contributed by atoms with Crippen LogP contribution in [0.15, 0.2) is 21.5 Å². The minimum Gasteiger partial charge on any atom is -1.00 e. The van der Waals surface area contributed by atoms with Crippen LogP contribution in [-0.2, 0) is 28.4 Å². The normalized spacial score (nSPS) is 16.6. The molecule has 0 spiro atoms. The molecule has 0 saturated heterocycles. The fourth-order valence-corrected chi connectivity index (χ4v) is 7.14. The van der Waals surface area contributed by atoms with Crippen molar-refractivity contribution in [3.63, 3.8) is 0 Å². The Balaban J connectivity index is 0. The second-order valence-electron chi connectivity index (χ2n) is 2.33. The SMILES string of the molecule is CC[S](=O)(=O)[Zr][C]1=CC=CC1.[H-].[H-]. The molecule has 0 aliphatic heterocycles. The summed E-state index contributed by atoms with van der Waals surface area (Å²) in [5.41, 5.74) is 0. The standard InChI is InChI=1S/C5H5.C2H5O2S.Zr.2H/c1-2-4-5-3-1;1-2-5(3)4;;;/h1-3H,4H2;2H2,1H3;;;/q;;;2*-1. The molecule has 0 amide bonds. The van der Waals surface area contributed by atoms with E-state index in [9.17, 15) is 8.42 Å². The van der Waals surface area contributed by atoms with Crippen LogP contribution in [-0.4, -0.2) is 14.2 Å². The Morgan fingerprint density at radius 3 is 2.91 bits per heavy atom. The summed E-state index contributed by atoms with van der Waals surface area (Å²) in [6.45, 7) is -0.920. The van der Waals surface area contributed by atoms with Gasteiger partial charge in [-0.2, -0.15) is 0 Å². The predicted molar refractivity (Wildman–Crippen MR) is 43.5 cm³/mol. The summed E-state index contributed by atoms with van der Waals surface area (Å²) in [6, 6.07) is 0. The van der Waals surface area contributed by atoms with Crippen LogP contribution in [0.25, 0.3) is 0 Å². The van der Waals surface area contributed by atoms with Gasteiger partial charge >= 0.3 is 77.4 Å². The van der Waals surface area contributed by atoms with Crippen molar-refractivity contribution < 1.29 is 33.0 Å². The molecule has 0 heterocycles. The summed E-state index contributed by atoms with van der Waals surface area (Å²) in [5.74, 6) is 0.316. The molecular weight excluding hydrogens is 239 g/mol. The fraction of sp³-hybridized carbons (Fsp3) is 0.429. The minimum atomic E-state index is -2.64. The molecule has 1 aliphatic carbocycles. The van der Waals surface area contributed by atoms with Gasteiger partial charge in [0.25, 0.3) is 0 Å². The van der Waals surface area contributed by atoms with E-state index in [0.717, 1.165) is 6.42 Å². The Hall–Kier alpha value is 0.313. The second kappa shape index (κ2) is 3.81.